The maximum Gasteiger partial charge on any atom is 0.307 e. The number of ketones is 1. The lowest BCUT2D eigenvalue weighted by Crippen LogP contribution is -2.47. The van der Waals surface area contributed by atoms with Gasteiger partial charge >= 0.3 is 5.97 Å². The highest BCUT2D eigenvalue weighted by Crippen LogP contribution is 2.57. The van der Waals surface area contributed by atoms with E-state index in [1.807, 2.05) is 43.3 Å². The van der Waals surface area contributed by atoms with Gasteiger partial charge in [-0.3, -0.25) is 23.9 Å². The molecular formula is C40H53N3O9S. The van der Waals surface area contributed by atoms with E-state index in [-0.39, 0.29) is 55.3 Å². The van der Waals surface area contributed by atoms with Gasteiger partial charge in [-0.25, -0.2) is 8.42 Å². The highest BCUT2D eigenvalue weighted by atomic mass is 32.2. The van der Waals surface area contributed by atoms with Crippen LogP contribution in [0.4, 0.5) is 0 Å². The van der Waals surface area contributed by atoms with Crippen LogP contribution >= 0.6 is 0 Å². The summed E-state index contributed by atoms with van der Waals surface area (Å²) in [7, 11) is -2.34. The smallest absolute Gasteiger partial charge is 0.307 e. The Hall–Kier alpha value is -4.00. The Kier molecular flexibility index (Phi) is 11.0. The Morgan fingerprint density at radius 2 is 1.81 bits per heavy atom. The summed E-state index contributed by atoms with van der Waals surface area (Å²) in [6.45, 7) is 9.48. The molecular weight excluding hydrogens is 699 g/mol. The number of fused-ring (bicyclic) bond motifs is 3. The second-order valence-electron chi connectivity index (χ2n) is 16.7. The van der Waals surface area contributed by atoms with E-state index in [9.17, 15) is 27.6 Å². The number of nitrogens with one attached hydrogen (secondary N) is 1. The van der Waals surface area contributed by atoms with Crippen molar-refractivity contribution in [1.82, 2.24) is 14.6 Å². The second kappa shape index (κ2) is 15.0. The van der Waals surface area contributed by atoms with Crippen molar-refractivity contribution in [3.05, 3.63) is 42.5 Å². The van der Waals surface area contributed by atoms with E-state index in [1.54, 1.807) is 26.8 Å². The van der Waals surface area contributed by atoms with Gasteiger partial charge in [-0.2, -0.15) is 4.98 Å². The molecule has 0 radical (unpaired) electrons. The molecule has 2 aliphatic heterocycles. The first-order chi connectivity index (χ1) is 25.0. The SMILES string of the molecule is COc1cc2ccccc2c(O[C@@H]2C[C@H]3C(=O)C[C@]4(C(=O)NS(=O)(=O)C5CC5)C[C@H]4/C=C\CC[C@@H](C)C[C@@H](C)[C@H](CC(=O)OC(C)(C)C)C(=O)N3C2)n1. The highest BCUT2D eigenvalue weighted by molar-refractivity contribution is 7.90. The zero-order chi connectivity index (χ0) is 38.3. The fourth-order valence-electron chi connectivity index (χ4n) is 8.04. The number of allylic oxidation sites excluding steroid dienone is 2. The van der Waals surface area contributed by atoms with Crippen LogP contribution < -0.4 is 14.2 Å². The minimum absolute atomic E-state index is 0.0497. The molecule has 0 unspecified atom stereocenters. The first-order valence-electron chi connectivity index (χ1n) is 18.9. The van der Waals surface area contributed by atoms with Gasteiger partial charge in [-0.05, 0) is 88.5 Å². The lowest BCUT2D eigenvalue weighted by atomic mass is 9.82. The molecule has 2 aliphatic carbocycles. The standard InChI is InChI=1S/C40H53N3O9S/c1-24-11-7-9-13-27-21-40(27,38(47)42-53(48,49)29-15-16-29)22-33(44)32-19-28(51-36-30-14-10-8-12-26(30)18-34(41-36)50-6)23-43(32)37(46)31(25(2)17-24)20-35(45)52-39(3,4)5/h8-10,12-14,18,24-25,27-29,31-32H,7,11,15-17,19-23H2,1-6H3,(H,42,47)/b13-9-/t24-,25-,27-,28-,31+,32+,40-/m1/s1. The van der Waals surface area contributed by atoms with Crippen LogP contribution in [-0.4, -0.2) is 78.5 Å². The number of nitrogens with zero attached hydrogens (tertiary/aromatic N) is 2. The fraction of sp³-hybridized carbons (Fsp3) is 0.625. The number of hydrogen-bond donors (Lipinski definition) is 1. The van der Waals surface area contributed by atoms with E-state index in [0.717, 1.165) is 23.6 Å². The van der Waals surface area contributed by atoms with Crippen LogP contribution in [0, 0.1) is 29.1 Å². The summed E-state index contributed by atoms with van der Waals surface area (Å²) < 4.78 is 45.7. The number of benzene rings is 1. The maximum absolute atomic E-state index is 14.8. The summed E-state index contributed by atoms with van der Waals surface area (Å²) in [4.78, 5) is 62.6. The monoisotopic (exact) mass is 751 g/mol. The van der Waals surface area contributed by atoms with Crippen LogP contribution in [0.2, 0.25) is 0 Å². The molecule has 2 aromatic rings. The van der Waals surface area contributed by atoms with Crippen LogP contribution in [0.15, 0.2) is 42.5 Å². The summed E-state index contributed by atoms with van der Waals surface area (Å²) in [6.07, 6.45) is 6.58. The van der Waals surface area contributed by atoms with Crippen molar-refractivity contribution in [1.29, 1.82) is 0 Å². The minimum atomic E-state index is -3.85. The van der Waals surface area contributed by atoms with E-state index in [2.05, 4.69) is 16.6 Å². The van der Waals surface area contributed by atoms with Crippen LogP contribution in [0.1, 0.15) is 92.4 Å². The van der Waals surface area contributed by atoms with Gasteiger partial charge in [-0.15, -0.1) is 0 Å². The second-order valence-corrected chi connectivity index (χ2v) is 18.6. The van der Waals surface area contributed by atoms with Crippen molar-refractivity contribution in [2.45, 2.75) is 115 Å². The summed E-state index contributed by atoms with van der Waals surface area (Å²) in [6, 6.07) is 8.37. The number of hydrogen-bond acceptors (Lipinski definition) is 10. The molecule has 53 heavy (non-hydrogen) atoms. The van der Waals surface area contributed by atoms with Gasteiger partial charge in [0, 0.05) is 24.3 Å². The van der Waals surface area contributed by atoms with Crippen molar-refractivity contribution in [2.24, 2.45) is 29.1 Å². The van der Waals surface area contributed by atoms with Gasteiger partial charge < -0.3 is 19.1 Å². The average Bonchev–Trinajstić information content (AvgIpc) is 4.01. The number of aromatic nitrogens is 1. The number of Topliss-reactive ketones (excluding diaryl/α,β-unsaturated/α-hetero) is 1. The third-order valence-corrected chi connectivity index (χ3v) is 13.0. The zero-order valence-corrected chi connectivity index (χ0v) is 32.4. The Labute approximate surface area is 312 Å². The Morgan fingerprint density at radius 1 is 1.08 bits per heavy atom. The number of esters is 1. The van der Waals surface area contributed by atoms with Gasteiger partial charge in [0.15, 0.2) is 5.78 Å². The Bertz CT molecular complexity index is 1880. The van der Waals surface area contributed by atoms with Gasteiger partial charge in [0.25, 0.3) is 0 Å². The quantitative estimate of drug-likeness (QED) is 0.269. The lowest BCUT2D eigenvalue weighted by molar-refractivity contribution is -0.160. The largest absolute Gasteiger partial charge is 0.481 e. The number of sulfonamides is 1. The van der Waals surface area contributed by atoms with E-state index < -0.39 is 56.2 Å². The topological polar surface area (TPSA) is 158 Å². The fourth-order valence-corrected chi connectivity index (χ4v) is 9.43. The van der Waals surface area contributed by atoms with Crippen molar-refractivity contribution in [3.63, 3.8) is 0 Å². The number of pyridine rings is 1. The highest BCUT2D eigenvalue weighted by Gasteiger charge is 2.61. The molecule has 0 bridgehead atoms. The van der Waals surface area contributed by atoms with E-state index in [4.69, 9.17) is 14.2 Å². The third-order valence-electron chi connectivity index (χ3n) is 11.1. The average molecular weight is 752 g/mol. The van der Waals surface area contributed by atoms with Crippen LogP contribution in [0.5, 0.6) is 11.8 Å². The van der Waals surface area contributed by atoms with Crippen LogP contribution in [0.25, 0.3) is 10.8 Å². The number of ether oxygens (including phenoxy) is 3. The van der Waals surface area contributed by atoms with Gasteiger partial charge in [-0.1, -0.05) is 44.2 Å². The third kappa shape index (κ3) is 8.87. The van der Waals surface area contributed by atoms with Gasteiger partial charge in [0.05, 0.1) is 42.7 Å². The maximum atomic E-state index is 14.8. The number of methoxy groups -OCH3 is 1. The lowest BCUT2D eigenvalue weighted by Gasteiger charge is -2.32. The molecule has 3 fully saturated rings. The summed E-state index contributed by atoms with van der Waals surface area (Å²) >= 11 is 0. The molecule has 0 spiro atoms. The van der Waals surface area contributed by atoms with E-state index in [0.29, 0.717) is 37.4 Å². The number of carbonyl (C=O) groups is 4. The molecule has 2 amide bonds. The van der Waals surface area contributed by atoms with E-state index in [1.165, 1.54) is 12.0 Å². The minimum Gasteiger partial charge on any atom is -0.481 e. The first-order valence-corrected chi connectivity index (χ1v) is 20.4. The molecule has 6 rings (SSSR count). The molecule has 7 atom stereocenters. The van der Waals surface area contributed by atoms with Crippen LogP contribution in [-0.2, 0) is 33.9 Å². The van der Waals surface area contributed by atoms with Crippen LogP contribution in [0.3, 0.4) is 0 Å². The predicted octanol–water partition coefficient (Wildman–Crippen LogP) is 5.53. The number of carbonyl (C=O) groups excluding carboxylic acids is 4. The van der Waals surface area contributed by atoms with Crippen molar-refractivity contribution in [3.8, 4) is 11.8 Å². The van der Waals surface area contributed by atoms with Crippen molar-refractivity contribution in [2.75, 3.05) is 13.7 Å². The molecule has 1 aromatic carbocycles. The summed E-state index contributed by atoms with van der Waals surface area (Å²) in [5.41, 5.74) is -1.99. The molecule has 1 aromatic heterocycles. The molecule has 13 heteroatoms. The predicted molar refractivity (Wildman–Crippen MR) is 198 cm³/mol. The number of amides is 2. The normalized spacial score (nSPS) is 30.3. The molecule has 288 valence electrons. The number of rotatable bonds is 8. The summed E-state index contributed by atoms with van der Waals surface area (Å²) in [5.74, 6) is -2.30. The van der Waals surface area contributed by atoms with Gasteiger partial charge in [0.1, 0.15) is 11.7 Å². The molecule has 12 nitrogen and oxygen atoms in total. The molecule has 2 saturated carbocycles. The van der Waals surface area contributed by atoms with Crippen molar-refractivity contribution < 1.29 is 41.8 Å². The Morgan fingerprint density at radius 3 is 2.51 bits per heavy atom. The molecule has 3 heterocycles. The first kappa shape index (κ1) is 38.7. The van der Waals surface area contributed by atoms with Crippen molar-refractivity contribution >= 4 is 44.4 Å². The molecule has 4 aliphatic rings. The van der Waals surface area contributed by atoms with E-state index >= 15 is 0 Å². The molecule has 1 N–H and O–H groups in total. The molecule has 1 saturated heterocycles. The summed E-state index contributed by atoms with van der Waals surface area (Å²) in [5, 5.41) is 0.985. The Balaban J connectivity index is 1.35. The zero-order valence-electron chi connectivity index (χ0n) is 31.6. The van der Waals surface area contributed by atoms with Gasteiger partial charge in [0.2, 0.25) is 33.6 Å².